The summed E-state index contributed by atoms with van der Waals surface area (Å²) in [5.41, 5.74) is 1.29. The molecule has 0 bridgehead atoms. The van der Waals surface area contributed by atoms with Crippen molar-refractivity contribution in [1.29, 1.82) is 0 Å². The highest BCUT2D eigenvalue weighted by Gasteiger charge is 2.40. The Morgan fingerprint density at radius 2 is 1.62 bits per heavy atom. The van der Waals surface area contributed by atoms with Crippen molar-refractivity contribution in [2.45, 2.75) is 12.1 Å². The molecule has 2 saturated heterocycles. The average molecular weight is 454 g/mol. The Morgan fingerprint density at radius 3 is 2.34 bits per heavy atom. The lowest BCUT2D eigenvalue weighted by molar-refractivity contribution is 0.0376. The van der Waals surface area contributed by atoms with Crippen molar-refractivity contribution in [3.8, 4) is 0 Å². The number of aliphatic hydroxyl groups is 1. The smallest absolute Gasteiger partial charge is 0.289 e. The van der Waals surface area contributed by atoms with Crippen LogP contribution in [0.1, 0.15) is 20.9 Å². The molecule has 32 heavy (non-hydrogen) atoms. The zero-order valence-electron chi connectivity index (χ0n) is 17.5. The average Bonchev–Trinajstić information content (AvgIpc) is 3.42. The fourth-order valence-electron chi connectivity index (χ4n) is 4.57. The number of β-amino-alcohol motifs (C(OH)–C–C–N with tert-alkyl or cyclic N) is 1. The first-order valence-corrected chi connectivity index (χ1v) is 11.1. The number of nitrogens with zero attached hydrogens (tertiary/aromatic N) is 3. The molecule has 8 heteroatoms. The minimum absolute atomic E-state index is 0.0185. The highest BCUT2D eigenvalue weighted by molar-refractivity contribution is 6.30. The number of fused-ring (bicyclic) bond motifs is 1. The summed E-state index contributed by atoms with van der Waals surface area (Å²) in [4.78, 5) is 31.3. The van der Waals surface area contributed by atoms with Gasteiger partial charge in [-0.25, -0.2) is 0 Å². The lowest BCUT2D eigenvalue weighted by Crippen LogP contribution is -2.54. The number of hydrogen-bond donors (Lipinski definition) is 1. The molecule has 2 unspecified atom stereocenters. The van der Waals surface area contributed by atoms with Gasteiger partial charge in [-0.2, -0.15) is 0 Å². The van der Waals surface area contributed by atoms with Crippen LogP contribution in [-0.2, 0) is 0 Å². The largest absolute Gasteiger partial charge is 0.451 e. The fourth-order valence-corrected chi connectivity index (χ4v) is 4.69. The summed E-state index contributed by atoms with van der Waals surface area (Å²) >= 11 is 5.91. The van der Waals surface area contributed by atoms with E-state index in [1.807, 2.05) is 29.2 Å². The number of carbonyl (C=O) groups excluding carboxylic acids is 2. The van der Waals surface area contributed by atoms with E-state index in [0.29, 0.717) is 48.9 Å². The van der Waals surface area contributed by atoms with Crippen LogP contribution in [0.5, 0.6) is 0 Å². The fraction of sp³-hybridized carbons (Fsp3) is 0.333. The molecule has 1 N–H and O–H groups in total. The SMILES string of the molecule is O=C(c1ccc(Cl)cc1)N1CCN(C2CN(C(=O)c3cc4ccccc4o3)CC2O)CC1. The zero-order valence-corrected chi connectivity index (χ0v) is 18.2. The van der Waals surface area contributed by atoms with Gasteiger partial charge in [0.25, 0.3) is 11.8 Å². The summed E-state index contributed by atoms with van der Waals surface area (Å²) in [7, 11) is 0. The van der Waals surface area contributed by atoms with Crippen molar-refractivity contribution >= 4 is 34.4 Å². The molecule has 2 aliphatic heterocycles. The summed E-state index contributed by atoms with van der Waals surface area (Å²) in [5, 5.41) is 12.2. The Hall–Kier alpha value is -2.87. The number of benzene rings is 2. The molecule has 5 rings (SSSR count). The van der Waals surface area contributed by atoms with Crippen LogP contribution < -0.4 is 0 Å². The van der Waals surface area contributed by atoms with Crippen LogP contribution >= 0.6 is 11.6 Å². The van der Waals surface area contributed by atoms with Gasteiger partial charge in [-0.05, 0) is 36.4 Å². The van der Waals surface area contributed by atoms with Crippen molar-refractivity contribution in [3.05, 3.63) is 70.9 Å². The third-order valence-corrected chi connectivity index (χ3v) is 6.60. The molecule has 7 nitrogen and oxygen atoms in total. The number of carbonyl (C=O) groups is 2. The van der Waals surface area contributed by atoms with Gasteiger partial charge in [0, 0.05) is 55.2 Å². The predicted octanol–water partition coefficient (Wildman–Crippen LogP) is 2.73. The minimum atomic E-state index is -0.637. The number of aliphatic hydroxyl groups excluding tert-OH is 1. The van der Waals surface area contributed by atoms with E-state index in [-0.39, 0.29) is 30.2 Å². The molecule has 3 aromatic rings. The maximum Gasteiger partial charge on any atom is 0.289 e. The summed E-state index contributed by atoms with van der Waals surface area (Å²) in [6, 6.07) is 16.0. The third kappa shape index (κ3) is 3.99. The maximum absolute atomic E-state index is 13.0. The number of piperazine rings is 1. The molecular formula is C24H24ClN3O4. The summed E-state index contributed by atoms with van der Waals surface area (Å²) < 4.78 is 5.71. The van der Waals surface area contributed by atoms with E-state index in [9.17, 15) is 14.7 Å². The molecule has 2 fully saturated rings. The first-order chi connectivity index (χ1) is 15.5. The lowest BCUT2D eigenvalue weighted by atomic mass is 10.1. The standard InChI is InChI=1S/C24H24ClN3O4/c25-18-7-5-16(6-8-18)23(30)27-11-9-26(10-12-27)19-14-28(15-20(19)29)24(31)22-13-17-3-1-2-4-21(17)32-22/h1-8,13,19-20,29H,9-12,14-15H2. The van der Waals surface area contributed by atoms with Gasteiger partial charge in [0.05, 0.1) is 12.1 Å². The lowest BCUT2D eigenvalue weighted by Gasteiger charge is -2.38. The van der Waals surface area contributed by atoms with E-state index >= 15 is 0 Å². The second-order valence-electron chi connectivity index (χ2n) is 8.33. The Morgan fingerprint density at radius 1 is 0.906 bits per heavy atom. The Labute approximate surface area is 190 Å². The predicted molar refractivity (Wildman–Crippen MR) is 121 cm³/mol. The van der Waals surface area contributed by atoms with Crippen molar-refractivity contribution in [3.63, 3.8) is 0 Å². The van der Waals surface area contributed by atoms with E-state index in [2.05, 4.69) is 4.90 Å². The molecule has 2 atom stereocenters. The van der Waals surface area contributed by atoms with Crippen molar-refractivity contribution in [1.82, 2.24) is 14.7 Å². The van der Waals surface area contributed by atoms with Crippen LogP contribution in [0.4, 0.5) is 0 Å². The van der Waals surface area contributed by atoms with Gasteiger partial charge in [-0.3, -0.25) is 14.5 Å². The Kier molecular flexibility index (Phi) is 5.63. The maximum atomic E-state index is 13.0. The van der Waals surface area contributed by atoms with Gasteiger partial charge in [-0.15, -0.1) is 0 Å². The van der Waals surface area contributed by atoms with Crippen LogP contribution in [0.3, 0.4) is 0 Å². The van der Waals surface area contributed by atoms with Gasteiger partial charge in [0.2, 0.25) is 0 Å². The highest BCUT2D eigenvalue weighted by atomic mass is 35.5. The minimum Gasteiger partial charge on any atom is -0.451 e. The van der Waals surface area contributed by atoms with Gasteiger partial charge in [-0.1, -0.05) is 29.8 Å². The first kappa shape index (κ1) is 21.0. The van der Waals surface area contributed by atoms with Crippen LogP contribution in [-0.4, -0.2) is 83.0 Å². The topological polar surface area (TPSA) is 77.2 Å². The van der Waals surface area contributed by atoms with Crippen molar-refractivity contribution < 1.29 is 19.1 Å². The number of rotatable bonds is 3. The number of amides is 2. The molecule has 0 saturated carbocycles. The molecule has 166 valence electrons. The summed E-state index contributed by atoms with van der Waals surface area (Å²) in [5.74, 6) is 0.0618. The molecule has 2 aliphatic rings. The number of halogens is 1. The van der Waals surface area contributed by atoms with Crippen molar-refractivity contribution in [2.75, 3.05) is 39.3 Å². The zero-order chi connectivity index (χ0) is 22.2. The molecule has 0 spiro atoms. The van der Waals surface area contributed by atoms with E-state index in [4.69, 9.17) is 16.0 Å². The molecule has 2 aromatic carbocycles. The second-order valence-corrected chi connectivity index (χ2v) is 8.76. The summed E-state index contributed by atoms with van der Waals surface area (Å²) in [6.45, 7) is 3.14. The van der Waals surface area contributed by atoms with Crippen LogP contribution in [0, 0.1) is 0 Å². The van der Waals surface area contributed by atoms with E-state index in [1.54, 1.807) is 35.2 Å². The normalized spacial score (nSPS) is 21.9. The Bertz CT molecular complexity index is 1100. The quantitative estimate of drug-likeness (QED) is 0.659. The van der Waals surface area contributed by atoms with Gasteiger partial charge in [0.1, 0.15) is 5.58 Å². The van der Waals surface area contributed by atoms with Crippen LogP contribution in [0.15, 0.2) is 59.0 Å². The van der Waals surface area contributed by atoms with Gasteiger partial charge >= 0.3 is 0 Å². The second kappa shape index (κ2) is 8.58. The van der Waals surface area contributed by atoms with E-state index < -0.39 is 6.10 Å². The molecular weight excluding hydrogens is 430 g/mol. The molecule has 0 radical (unpaired) electrons. The van der Waals surface area contributed by atoms with E-state index in [1.165, 1.54) is 0 Å². The van der Waals surface area contributed by atoms with Crippen molar-refractivity contribution in [2.24, 2.45) is 0 Å². The third-order valence-electron chi connectivity index (χ3n) is 6.34. The molecule has 0 aliphatic carbocycles. The number of furan rings is 1. The first-order valence-electron chi connectivity index (χ1n) is 10.7. The van der Waals surface area contributed by atoms with Crippen LogP contribution in [0.25, 0.3) is 11.0 Å². The monoisotopic (exact) mass is 453 g/mol. The summed E-state index contributed by atoms with van der Waals surface area (Å²) in [6.07, 6.45) is -0.637. The number of hydrogen-bond acceptors (Lipinski definition) is 5. The highest BCUT2D eigenvalue weighted by Crippen LogP contribution is 2.24. The Balaban J connectivity index is 1.20. The molecule has 2 amide bonds. The molecule has 1 aromatic heterocycles. The van der Waals surface area contributed by atoms with Gasteiger partial charge in [0.15, 0.2) is 5.76 Å². The molecule has 3 heterocycles. The van der Waals surface area contributed by atoms with Crippen LogP contribution in [0.2, 0.25) is 5.02 Å². The number of likely N-dealkylation sites (tertiary alicyclic amines) is 1. The number of para-hydroxylation sites is 1. The van der Waals surface area contributed by atoms with Gasteiger partial charge < -0.3 is 19.3 Å². The van der Waals surface area contributed by atoms with E-state index in [0.717, 1.165) is 5.39 Å².